The Balaban J connectivity index is 1.35. The summed E-state index contributed by atoms with van der Waals surface area (Å²) in [4.78, 5) is 36.7. The predicted octanol–water partition coefficient (Wildman–Crippen LogP) is 5.62. The second kappa shape index (κ2) is 11.0. The van der Waals surface area contributed by atoms with Gasteiger partial charge in [-0.25, -0.2) is 0 Å². The molecule has 0 unspecified atom stereocenters. The summed E-state index contributed by atoms with van der Waals surface area (Å²) in [5.74, 6) is -1.32. The van der Waals surface area contributed by atoms with Crippen molar-refractivity contribution < 1.29 is 24.2 Å². The van der Waals surface area contributed by atoms with Crippen molar-refractivity contribution in [2.45, 2.75) is 32.6 Å². The summed E-state index contributed by atoms with van der Waals surface area (Å²) in [6, 6.07) is 22.3. The monoisotopic (exact) mass is 471 g/mol. The number of ketones is 1. The zero-order valence-electron chi connectivity index (χ0n) is 19.7. The van der Waals surface area contributed by atoms with Gasteiger partial charge in [-0.2, -0.15) is 0 Å². The molecular formula is C29H29NO5. The van der Waals surface area contributed by atoms with Crippen molar-refractivity contribution in [1.29, 1.82) is 0 Å². The SMILES string of the molecule is CCOc1ccc(CC(=O)Nc2ccc(-c3ccc(C(=O)[C@H]4CCC[C@@H]4C(=O)O)cc3)cc2)cc1. The van der Waals surface area contributed by atoms with Gasteiger partial charge in [0.15, 0.2) is 5.78 Å². The van der Waals surface area contributed by atoms with E-state index in [9.17, 15) is 19.5 Å². The van der Waals surface area contributed by atoms with Gasteiger partial charge < -0.3 is 15.2 Å². The molecule has 0 aliphatic heterocycles. The number of Topliss-reactive ketones (excluding diaryl/α,β-unsaturated/α-hetero) is 1. The summed E-state index contributed by atoms with van der Waals surface area (Å²) in [5.41, 5.74) is 4.06. The molecule has 2 N–H and O–H groups in total. The first-order valence-corrected chi connectivity index (χ1v) is 11.9. The Morgan fingerprint density at radius 1 is 0.857 bits per heavy atom. The highest BCUT2D eigenvalue weighted by atomic mass is 16.5. The number of nitrogens with one attached hydrogen (secondary N) is 1. The highest BCUT2D eigenvalue weighted by molar-refractivity contribution is 6.00. The number of hydrogen-bond donors (Lipinski definition) is 2. The first-order chi connectivity index (χ1) is 16.9. The van der Waals surface area contributed by atoms with Gasteiger partial charge in [0.05, 0.1) is 18.9 Å². The molecule has 0 bridgehead atoms. The minimum atomic E-state index is -0.885. The van der Waals surface area contributed by atoms with E-state index < -0.39 is 17.8 Å². The number of amides is 1. The maximum atomic E-state index is 12.8. The molecular weight excluding hydrogens is 442 g/mol. The Hall–Kier alpha value is -3.93. The molecule has 4 rings (SSSR count). The van der Waals surface area contributed by atoms with Crippen molar-refractivity contribution in [3.63, 3.8) is 0 Å². The molecule has 0 aromatic heterocycles. The lowest BCUT2D eigenvalue weighted by atomic mass is 9.88. The van der Waals surface area contributed by atoms with E-state index in [4.69, 9.17) is 4.74 Å². The highest BCUT2D eigenvalue weighted by Crippen LogP contribution is 2.35. The highest BCUT2D eigenvalue weighted by Gasteiger charge is 2.37. The van der Waals surface area contributed by atoms with Crippen LogP contribution >= 0.6 is 0 Å². The summed E-state index contributed by atoms with van der Waals surface area (Å²) >= 11 is 0. The first-order valence-electron chi connectivity index (χ1n) is 11.9. The van der Waals surface area contributed by atoms with Crippen LogP contribution in [0.1, 0.15) is 42.1 Å². The molecule has 1 amide bonds. The molecule has 2 atom stereocenters. The minimum absolute atomic E-state index is 0.0907. The number of hydrogen-bond acceptors (Lipinski definition) is 4. The molecule has 1 aliphatic carbocycles. The van der Waals surface area contributed by atoms with E-state index in [0.717, 1.165) is 28.9 Å². The number of benzene rings is 3. The van der Waals surface area contributed by atoms with Gasteiger partial charge in [0, 0.05) is 17.2 Å². The maximum Gasteiger partial charge on any atom is 0.307 e. The number of ether oxygens (including phenoxy) is 1. The molecule has 1 aliphatic rings. The van der Waals surface area contributed by atoms with Crippen molar-refractivity contribution in [2.24, 2.45) is 11.8 Å². The van der Waals surface area contributed by atoms with Crippen LogP contribution < -0.4 is 10.1 Å². The van der Waals surface area contributed by atoms with Crippen LogP contribution in [0.15, 0.2) is 72.8 Å². The molecule has 0 spiro atoms. The molecule has 0 radical (unpaired) electrons. The van der Waals surface area contributed by atoms with Crippen molar-refractivity contribution in [3.8, 4) is 16.9 Å². The summed E-state index contributed by atoms with van der Waals surface area (Å²) in [6.45, 7) is 2.53. The van der Waals surface area contributed by atoms with Gasteiger partial charge in [0.25, 0.3) is 0 Å². The smallest absolute Gasteiger partial charge is 0.307 e. The standard InChI is InChI=1S/C29H29NO5/c1-2-35-24-16-6-19(7-17-24)18-27(31)30-23-14-12-21(13-15-23)20-8-10-22(11-9-20)28(32)25-4-3-5-26(25)29(33)34/h6-17,25-26H,2-5,18H2,1H3,(H,30,31)(H,33,34)/t25-,26-/m0/s1. The second-order valence-corrected chi connectivity index (χ2v) is 8.80. The number of rotatable bonds is 9. The van der Waals surface area contributed by atoms with E-state index in [0.29, 0.717) is 30.7 Å². The topological polar surface area (TPSA) is 92.7 Å². The molecule has 6 nitrogen and oxygen atoms in total. The first kappa shape index (κ1) is 24.2. The van der Waals surface area contributed by atoms with Gasteiger partial charge in [0.1, 0.15) is 5.75 Å². The number of anilines is 1. The van der Waals surface area contributed by atoms with Gasteiger partial charge in [0.2, 0.25) is 5.91 Å². The fraction of sp³-hybridized carbons (Fsp3) is 0.276. The zero-order chi connectivity index (χ0) is 24.8. The third-order valence-electron chi connectivity index (χ3n) is 6.44. The second-order valence-electron chi connectivity index (χ2n) is 8.80. The summed E-state index contributed by atoms with van der Waals surface area (Å²) < 4.78 is 5.42. The summed E-state index contributed by atoms with van der Waals surface area (Å²) in [7, 11) is 0. The van der Waals surface area contributed by atoms with Crippen LogP contribution in [0.4, 0.5) is 5.69 Å². The summed E-state index contributed by atoms with van der Waals surface area (Å²) in [5, 5.41) is 12.3. The Bertz CT molecular complexity index is 1180. The molecule has 3 aromatic carbocycles. The zero-order valence-corrected chi connectivity index (χ0v) is 19.7. The van der Waals surface area contributed by atoms with Crippen molar-refractivity contribution >= 4 is 23.3 Å². The van der Waals surface area contributed by atoms with Crippen molar-refractivity contribution in [1.82, 2.24) is 0 Å². The average Bonchev–Trinajstić information content (AvgIpc) is 3.36. The number of aliphatic carboxylic acids is 1. The van der Waals surface area contributed by atoms with E-state index >= 15 is 0 Å². The fourth-order valence-corrected chi connectivity index (χ4v) is 4.62. The normalized spacial score (nSPS) is 17.1. The van der Waals surface area contributed by atoms with Gasteiger partial charge in [-0.05, 0) is 60.7 Å². The predicted molar refractivity (Wildman–Crippen MR) is 135 cm³/mol. The number of carbonyl (C=O) groups is 3. The van der Waals surface area contributed by atoms with Gasteiger partial charge >= 0.3 is 5.97 Å². The largest absolute Gasteiger partial charge is 0.494 e. The van der Waals surface area contributed by atoms with E-state index in [-0.39, 0.29) is 18.1 Å². The van der Waals surface area contributed by atoms with Crippen molar-refractivity contribution in [3.05, 3.63) is 83.9 Å². The van der Waals surface area contributed by atoms with Gasteiger partial charge in [-0.1, -0.05) is 55.0 Å². The molecule has 180 valence electrons. The Kier molecular flexibility index (Phi) is 7.60. The minimum Gasteiger partial charge on any atom is -0.494 e. The van der Waals surface area contributed by atoms with E-state index in [2.05, 4.69) is 5.32 Å². The van der Waals surface area contributed by atoms with Crippen LogP contribution in [0.2, 0.25) is 0 Å². The van der Waals surface area contributed by atoms with Crippen LogP contribution in [0.5, 0.6) is 5.75 Å². The van der Waals surface area contributed by atoms with Crippen LogP contribution in [0.3, 0.4) is 0 Å². The summed E-state index contributed by atoms with van der Waals surface area (Å²) in [6.07, 6.45) is 2.23. The lowest BCUT2D eigenvalue weighted by Gasteiger charge is -2.14. The quantitative estimate of drug-likeness (QED) is 0.395. The van der Waals surface area contributed by atoms with E-state index in [1.54, 1.807) is 12.1 Å². The average molecular weight is 472 g/mol. The van der Waals surface area contributed by atoms with E-state index in [1.807, 2.05) is 67.6 Å². The molecule has 3 aromatic rings. The lowest BCUT2D eigenvalue weighted by Crippen LogP contribution is -2.25. The van der Waals surface area contributed by atoms with Crippen molar-refractivity contribution in [2.75, 3.05) is 11.9 Å². The number of carboxylic acid groups (broad SMARTS) is 1. The Labute approximate surface area is 204 Å². The van der Waals surface area contributed by atoms with Crippen LogP contribution in [0.25, 0.3) is 11.1 Å². The molecule has 35 heavy (non-hydrogen) atoms. The Morgan fingerprint density at radius 2 is 1.46 bits per heavy atom. The van der Waals surface area contributed by atoms with Crippen LogP contribution in [-0.4, -0.2) is 29.4 Å². The lowest BCUT2D eigenvalue weighted by molar-refractivity contribution is -0.142. The van der Waals surface area contributed by atoms with Crippen LogP contribution in [0, 0.1) is 11.8 Å². The molecule has 0 heterocycles. The molecule has 6 heteroatoms. The van der Waals surface area contributed by atoms with Crippen LogP contribution in [-0.2, 0) is 16.0 Å². The van der Waals surface area contributed by atoms with Gasteiger partial charge in [-0.15, -0.1) is 0 Å². The third-order valence-corrected chi connectivity index (χ3v) is 6.44. The number of carboxylic acids is 1. The maximum absolute atomic E-state index is 12.8. The molecule has 0 saturated heterocycles. The third kappa shape index (κ3) is 5.96. The number of carbonyl (C=O) groups excluding carboxylic acids is 2. The molecule has 1 saturated carbocycles. The molecule has 1 fully saturated rings. The fourth-order valence-electron chi connectivity index (χ4n) is 4.62. The Morgan fingerprint density at radius 3 is 2.06 bits per heavy atom. The van der Waals surface area contributed by atoms with E-state index in [1.165, 1.54) is 0 Å². The van der Waals surface area contributed by atoms with Gasteiger partial charge in [-0.3, -0.25) is 14.4 Å².